The van der Waals surface area contributed by atoms with Crippen LogP contribution in [0.2, 0.25) is 0 Å². The van der Waals surface area contributed by atoms with Crippen LogP contribution in [0.15, 0.2) is 35.1 Å². The maximum Gasteiger partial charge on any atom is 0.250 e. The van der Waals surface area contributed by atoms with Crippen molar-refractivity contribution in [2.75, 3.05) is 40.4 Å². The number of hydrogen-bond acceptors (Lipinski definition) is 6. The third-order valence-electron chi connectivity index (χ3n) is 7.81. The van der Waals surface area contributed by atoms with E-state index in [-0.39, 0.29) is 42.2 Å². The summed E-state index contributed by atoms with van der Waals surface area (Å²) >= 11 is 0. The fourth-order valence-electron chi connectivity index (χ4n) is 6.19. The fourth-order valence-corrected chi connectivity index (χ4v) is 6.19. The van der Waals surface area contributed by atoms with Crippen LogP contribution in [0.5, 0.6) is 11.5 Å². The van der Waals surface area contributed by atoms with Crippen LogP contribution in [0.4, 0.5) is 0 Å². The number of Topliss-reactive ketones (excluding diaryl/α,β-unsaturated/α-hetero) is 1. The number of carbonyl (C=O) groups excluding carboxylic acids is 2. The number of pyridine rings is 1. The number of ether oxygens (including phenoxy) is 2. The number of nitrogens with zero attached hydrogens (tertiary/aromatic N) is 3. The molecule has 3 aliphatic heterocycles. The molecule has 4 heterocycles. The Kier molecular flexibility index (Phi) is 6.40. The Bertz CT molecular complexity index is 1210. The highest BCUT2D eigenvalue weighted by atomic mass is 16.5. The average Bonchev–Trinajstić information content (AvgIpc) is 2.84. The molecule has 2 aromatic rings. The lowest BCUT2D eigenvalue weighted by molar-refractivity contribution is -0.137. The summed E-state index contributed by atoms with van der Waals surface area (Å²) < 4.78 is 12.8. The molecule has 1 saturated heterocycles. The third kappa shape index (κ3) is 4.47. The normalized spacial score (nSPS) is 23.3. The number of likely N-dealkylation sites (tertiary alicyclic amines) is 1. The smallest absolute Gasteiger partial charge is 0.250 e. The van der Waals surface area contributed by atoms with Crippen molar-refractivity contribution in [1.82, 2.24) is 14.4 Å². The quantitative estimate of drug-likeness (QED) is 0.592. The van der Waals surface area contributed by atoms with Crippen molar-refractivity contribution in [3.05, 3.63) is 57.5 Å². The number of hydrogen-bond donors (Lipinski definition) is 0. The first-order valence-electron chi connectivity index (χ1n) is 12.4. The Morgan fingerprint density at radius 3 is 2.60 bits per heavy atom. The van der Waals surface area contributed by atoms with Crippen LogP contribution in [0, 0.1) is 5.92 Å². The van der Waals surface area contributed by atoms with Crippen LogP contribution < -0.4 is 15.0 Å². The van der Waals surface area contributed by atoms with Crippen LogP contribution in [-0.4, -0.2) is 66.5 Å². The largest absolute Gasteiger partial charge is 0.493 e. The van der Waals surface area contributed by atoms with Gasteiger partial charge in [-0.2, -0.15) is 0 Å². The summed E-state index contributed by atoms with van der Waals surface area (Å²) in [7, 11) is 3.22. The van der Waals surface area contributed by atoms with Crippen LogP contribution >= 0.6 is 0 Å². The van der Waals surface area contributed by atoms with Gasteiger partial charge < -0.3 is 18.9 Å². The SMILES string of the molecule is COc1cc2c(cc1OC)C(C)N(C(=O)CC(=O)CN1CC3CC(C1)c1cccc(=O)n1C3)CC2. The summed E-state index contributed by atoms with van der Waals surface area (Å²) in [6, 6.07) is 9.25. The lowest BCUT2D eigenvalue weighted by atomic mass is 9.83. The van der Waals surface area contributed by atoms with Crippen molar-refractivity contribution >= 4 is 11.7 Å². The Hall–Kier alpha value is -3.13. The summed E-state index contributed by atoms with van der Waals surface area (Å²) in [5, 5.41) is 0. The van der Waals surface area contributed by atoms with Crippen molar-refractivity contribution in [3.8, 4) is 11.5 Å². The second-order valence-electron chi connectivity index (χ2n) is 10.0. The summed E-state index contributed by atoms with van der Waals surface area (Å²) in [4.78, 5) is 42.3. The molecule has 8 heteroatoms. The number of rotatable bonds is 6. The predicted octanol–water partition coefficient (Wildman–Crippen LogP) is 2.39. The van der Waals surface area contributed by atoms with E-state index < -0.39 is 0 Å². The number of methoxy groups -OCH3 is 2. The molecule has 1 aromatic carbocycles. The molecule has 5 rings (SSSR count). The number of ketones is 1. The van der Waals surface area contributed by atoms with Gasteiger partial charge in [0.25, 0.3) is 5.56 Å². The van der Waals surface area contributed by atoms with Crippen molar-refractivity contribution in [3.63, 3.8) is 0 Å². The van der Waals surface area contributed by atoms with Gasteiger partial charge in [0.2, 0.25) is 5.91 Å². The summed E-state index contributed by atoms with van der Waals surface area (Å²) in [5.41, 5.74) is 3.30. The maximum absolute atomic E-state index is 13.1. The zero-order valence-electron chi connectivity index (χ0n) is 20.7. The molecule has 0 saturated carbocycles. The molecule has 0 N–H and O–H groups in total. The van der Waals surface area contributed by atoms with Gasteiger partial charge in [-0.25, -0.2) is 0 Å². The van der Waals surface area contributed by atoms with Gasteiger partial charge >= 0.3 is 0 Å². The zero-order valence-corrected chi connectivity index (χ0v) is 20.7. The zero-order chi connectivity index (χ0) is 24.7. The van der Waals surface area contributed by atoms with Crippen molar-refractivity contribution < 1.29 is 19.1 Å². The second kappa shape index (κ2) is 9.49. The van der Waals surface area contributed by atoms with E-state index in [2.05, 4.69) is 4.90 Å². The molecule has 1 fully saturated rings. The molecular weight excluding hydrogens is 446 g/mol. The Morgan fingerprint density at radius 1 is 1.06 bits per heavy atom. The number of amides is 1. The lowest BCUT2D eigenvalue weighted by Crippen LogP contribution is -2.48. The van der Waals surface area contributed by atoms with Crippen LogP contribution in [0.1, 0.15) is 48.5 Å². The fraction of sp³-hybridized carbons (Fsp3) is 0.519. The van der Waals surface area contributed by atoms with E-state index in [0.29, 0.717) is 36.9 Å². The van der Waals surface area contributed by atoms with Gasteiger partial charge in [0, 0.05) is 43.9 Å². The van der Waals surface area contributed by atoms with E-state index in [1.165, 1.54) is 0 Å². The van der Waals surface area contributed by atoms with Gasteiger partial charge in [-0.3, -0.25) is 19.3 Å². The third-order valence-corrected chi connectivity index (χ3v) is 7.81. The van der Waals surface area contributed by atoms with Gasteiger partial charge in [-0.1, -0.05) is 6.07 Å². The van der Waals surface area contributed by atoms with E-state index in [0.717, 1.165) is 36.3 Å². The summed E-state index contributed by atoms with van der Waals surface area (Å²) in [5.74, 6) is 1.76. The topological polar surface area (TPSA) is 81.1 Å². The van der Waals surface area contributed by atoms with Crippen molar-refractivity contribution in [2.24, 2.45) is 5.92 Å². The first kappa shape index (κ1) is 23.6. The maximum atomic E-state index is 13.1. The van der Waals surface area contributed by atoms with Crippen LogP contribution in [0.25, 0.3) is 0 Å². The molecule has 3 atom stereocenters. The number of piperidine rings is 1. The number of fused-ring (bicyclic) bond motifs is 5. The number of aromatic nitrogens is 1. The van der Waals surface area contributed by atoms with Crippen molar-refractivity contribution in [1.29, 1.82) is 0 Å². The van der Waals surface area contributed by atoms with E-state index in [4.69, 9.17) is 9.47 Å². The van der Waals surface area contributed by atoms with Crippen LogP contribution in [0.3, 0.4) is 0 Å². The number of benzene rings is 1. The Morgan fingerprint density at radius 2 is 1.83 bits per heavy atom. The molecule has 2 bridgehead atoms. The average molecular weight is 480 g/mol. The molecule has 1 amide bonds. The molecule has 35 heavy (non-hydrogen) atoms. The van der Waals surface area contributed by atoms with E-state index >= 15 is 0 Å². The minimum atomic E-state index is -0.136. The molecular formula is C27H33N3O5. The minimum Gasteiger partial charge on any atom is -0.493 e. The van der Waals surface area contributed by atoms with E-state index in [1.807, 2.05) is 35.8 Å². The highest BCUT2D eigenvalue weighted by molar-refractivity contribution is 5.99. The lowest BCUT2D eigenvalue weighted by Gasteiger charge is -2.42. The van der Waals surface area contributed by atoms with E-state index in [9.17, 15) is 14.4 Å². The highest BCUT2D eigenvalue weighted by Gasteiger charge is 2.36. The minimum absolute atomic E-state index is 0.0502. The monoisotopic (exact) mass is 479 g/mol. The molecule has 8 nitrogen and oxygen atoms in total. The van der Waals surface area contributed by atoms with Gasteiger partial charge in [0.05, 0.1) is 33.2 Å². The van der Waals surface area contributed by atoms with Gasteiger partial charge in [-0.05, 0) is 55.0 Å². The first-order chi connectivity index (χ1) is 16.9. The Labute approximate surface area is 205 Å². The Balaban J connectivity index is 1.22. The van der Waals surface area contributed by atoms with E-state index in [1.54, 1.807) is 25.2 Å². The molecule has 0 aliphatic carbocycles. The number of carbonyl (C=O) groups is 2. The molecule has 0 radical (unpaired) electrons. The van der Waals surface area contributed by atoms with Gasteiger partial charge in [0.1, 0.15) is 0 Å². The molecule has 0 spiro atoms. The molecule has 186 valence electrons. The predicted molar refractivity (Wildman–Crippen MR) is 131 cm³/mol. The molecule has 3 aliphatic rings. The summed E-state index contributed by atoms with van der Waals surface area (Å²) in [6.45, 7) is 5.09. The highest BCUT2D eigenvalue weighted by Crippen LogP contribution is 2.38. The van der Waals surface area contributed by atoms with Crippen LogP contribution in [-0.2, 0) is 22.6 Å². The van der Waals surface area contributed by atoms with Crippen molar-refractivity contribution in [2.45, 2.75) is 44.7 Å². The van der Waals surface area contributed by atoms with Gasteiger partial charge in [-0.15, -0.1) is 0 Å². The standard InChI is InChI=1S/C27H33N3O5/c1-17-22-12-25(35-3)24(34-2)10-19(22)7-8-29(17)27(33)11-21(31)16-28-13-18-9-20(15-28)23-5-4-6-26(32)30(23)14-18/h4-6,10,12,17-18,20H,7-9,11,13-16H2,1-3H3. The molecule has 1 aromatic heterocycles. The summed E-state index contributed by atoms with van der Waals surface area (Å²) in [6.07, 6.45) is 1.68. The first-order valence-corrected chi connectivity index (χ1v) is 12.4. The molecule has 3 unspecified atom stereocenters. The van der Waals surface area contributed by atoms with Gasteiger partial charge in [0.15, 0.2) is 17.3 Å². The second-order valence-corrected chi connectivity index (χ2v) is 10.0.